The molecule has 0 aliphatic heterocycles. The van der Waals surface area contributed by atoms with Crippen molar-refractivity contribution >= 4 is 5.97 Å². The molecule has 0 spiro atoms. The van der Waals surface area contributed by atoms with Gasteiger partial charge in [0.2, 0.25) is 0 Å². The van der Waals surface area contributed by atoms with Gasteiger partial charge in [-0.05, 0) is 32.3 Å². The molecule has 0 aromatic carbocycles. The first-order valence-electron chi connectivity index (χ1n) is 8.40. The molecule has 118 valence electrons. The van der Waals surface area contributed by atoms with Crippen LogP contribution in [0.5, 0.6) is 0 Å². The van der Waals surface area contributed by atoms with Gasteiger partial charge in [0.05, 0.1) is 11.1 Å². The van der Waals surface area contributed by atoms with E-state index in [4.69, 9.17) is 0 Å². The van der Waals surface area contributed by atoms with E-state index in [-0.39, 0.29) is 0 Å². The summed E-state index contributed by atoms with van der Waals surface area (Å²) >= 11 is 0. The zero-order valence-corrected chi connectivity index (χ0v) is 13.4. The molecular weight excluding hydrogens is 264 g/mol. The zero-order valence-electron chi connectivity index (χ0n) is 13.4. The first kappa shape index (κ1) is 16.1. The molecular formula is C17H28N2O2. The third-order valence-electron chi connectivity index (χ3n) is 4.86. The maximum atomic E-state index is 12.0. The second-order valence-electron chi connectivity index (χ2n) is 6.33. The van der Waals surface area contributed by atoms with Crippen molar-refractivity contribution in [2.45, 2.75) is 78.2 Å². The molecule has 2 rings (SSSR count). The minimum atomic E-state index is -0.619. The molecule has 1 aliphatic rings. The van der Waals surface area contributed by atoms with Crippen molar-refractivity contribution in [1.82, 2.24) is 9.78 Å². The van der Waals surface area contributed by atoms with Crippen LogP contribution in [-0.2, 0) is 24.2 Å². The van der Waals surface area contributed by atoms with E-state index in [0.717, 1.165) is 50.0 Å². The highest BCUT2D eigenvalue weighted by Crippen LogP contribution is 2.38. The number of aromatic nitrogens is 2. The van der Waals surface area contributed by atoms with Gasteiger partial charge < -0.3 is 5.11 Å². The maximum absolute atomic E-state index is 12.0. The molecule has 21 heavy (non-hydrogen) atoms. The molecule has 0 saturated heterocycles. The van der Waals surface area contributed by atoms with Crippen LogP contribution in [0, 0.1) is 5.41 Å². The molecule has 1 aliphatic carbocycles. The van der Waals surface area contributed by atoms with Gasteiger partial charge in [-0.2, -0.15) is 5.10 Å². The lowest BCUT2D eigenvalue weighted by atomic mass is 9.73. The van der Waals surface area contributed by atoms with E-state index < -0.39 is 11.4 Å². The van der Waals surface area contributed by atoms with Crippen LogP contribution in [-0.4, -0.2) is 20.9 Å². The van der Waals surface area contributed by atoms with Crippen molar-refractivity contribution in [3.63, 3.8) is 0 Å². The van der Waals surface area contributed by atoms with Crippen LogP contribution >= 0.6 is 0 Å². The van der Waals surface area contributed by atoms with Crippen LogP contribution in [0.1, 0.15) is 70.2 Å². The Balaban J connectivity index is 2.26. The molecule has 0 atom stereocenters. The number of nitrogens with zero attached hydrogens (tertiary/aromatic N) is 2. The minimum absolute atomic E-state index is 0.585. The van der Waals surface area contributed by atoms with Crippen molar-refractivity contribution in [1.29, 1.82) is 0 Å². The van der Waals surface area contributed by atoms with E-state index in [1.54, 1.807) is 0 Å². The van der Waals surface area contributed by atoms with Crippen molar-refractivity contribution in [2.75, 3.05) is 0 Å². The summed E-state index contributed by atoms with van der Waals surface area (Å²) in [6, 6.07) is 2.10. The van der Waals surface area contributed by atoms with Gasteiger partial charge in [0, 0.05) is 18.7 Å². The molecule has 4 nitrogen and oxygen atoms in total. The average Bonchev–Trinajstić information content (AvgIpc) is 2.83. The molecule has 1 aromatic heterocycles. The number of hydrogen-bond acceptors (Lipinski definition) is 2. The number of carbonyl (C=O) groups is 1. The maximum Gasteiger partial charge on any atom is 0.310 e. The largest absolute Gasteiger partial charge is 0.481 e. The summed E-state index contributed by atoms with van der Waals surface area (Å²) in [5.74, 6) is -0.619. The molecule has 1 fully saturated rings. The first-order chi connectivity index (χ1) is 10.1. The summed E-state index contributed by atoms with van der Waals surface area (Å²) in [4.78, 5) is 12.0. The second kappa shape index (κ2) is 7.10. The van der Waals surface area contributed by atoms with Crippen molar-refractivity contribution in [3.8, 4) is 0 Å². The summed E-state index contributed by atoms with van der Waals surface area (Å²) in [6.07, 6.45) is 8.80. The summed E-state index contributed by atoms with van der Waals surface area (Å²) in [6.45, 7) is 4.97. The Bertz CT molecular complexity index is 471. The average molecular weight is 292 g/mol. The van der Waals surface area contributed by atoms with Crippen molar-refractivity contribution < 1.29 is 9.90 Å². The second-order valence-corrected chi connectivity index (χ2v) is 6.33. The minimum Gasteiger partial charge on any atom is -0.481 e. The number of carboxylic acids is 1. The fraction of sp³-hybridized carbons (Fsp3) is 0.765. The Morgan fingerprint density at radius 1 is 1.24 bits per heavy atom. The summed E-state index contributed by atoms with van der Waals surface area (Å²) in [7, 11) is 0. The Hall–Kier alpha value is -1.32. The van der Waals surface area contributed by atoms with Gasteiger partial charge in [-0.25, -0.2) is 0 Å². The normalized spacial score (nSPS) is 19.0. The van der Waals surface area contributed by atoms with Crippen molar-refractivity contribution in [3.05, 3.63) is 17.5 Å². The van der Waals surface area contributed by atoms with Gasteiger partial charge in [0.1, 0.15) is 0 Å². The molecule has 1 saturated carbocycles. The van der Waals surface area contributed by atoms with Crippen LogP contribution < -0.4 is 0 Å². The zero-order chi connectivity index (χ0) is 15.3. The van der Waals surface area contributed by atoms with Gasteiger partial charge >= 0.3 is 5.97 Å². The molecule has 0 bridgehead atoms. The predicted octanol–water partition coefficient (Wildman–Crippen LogP) is 3.82. The molecule has 1 heterocycles. The molecule has 4 heteroatoms. The predicted molar refractivity (Wildman–Crippen MR) is 83.4 cm³/mol. The lowest BCUT2D eigenvalue weighted by Crippen LogP contribution is -2.35. The third kappa shape index (κ3) is 3.66. The Labute approximate surface area is 127 Å². The van der Waals surface area contributed by atoms with Gasteiger partial charge in [0.15, 0.2) is 0 Å². The van der Waals surface area contributed by atoms with Gasteiger partial charge in [0.25, 0.3) is 0 Å². The smallest absolute Gasteiger partial charge is 0.310 e. The lowest BCUT2D eigenvalue weighted by Gasteiger charge is -2.31. The fourth-order valence-corrected chi connectivity index (χ4v) is 3.50. The standard InChI is InChI=1S/C17H28N2O2/c1-3-14-12-15(19(4-2)18-14)13-17(16(20)21)10-8-6-5-7-9-11-17/h12H,3-11,13H2,1-2H3,(H,20,21). The van der Waals surface area contributed by atoms with E-state index in [1.165, 1.54) is 19.3 Å². The van der Waals surface area contributed by atoms with Crippen LogP contribution in [0.3, 0.4) is 0 Å². The van der Waals surface area contributed by atoms with Crippen LogP contribution in [0.15, 0.2) is 6.07 Å². The van der Waals surface area contributed by atoms with Gasteiger partial charge in [-0.3, -0.25) is 9.48 Å². The topological polar surface area (TPSA) is 55.1 Å². The number of hydrogen-bond donors (Lipinski definition) is 1. The Kier molecular flexibility index (Phi) is 5.43. The van der Waals surface area contributed by atoms with Crippen LogP contribution in [0.2, 0.25) is 0 Å². The number of aryl methyl sites for hydroxylation is 2. The summed E-state index contributed by atoms with van der Waals surface area (Å²) < 4.78 is 1.99. The highest BCUT2D eigenvalue weighted by molar-refractivity contribution is 5.75. The van der Waals surface area contributed by atoms with E-state index in [0.29, 0.717) is 6.42 Å². The van der Waals surface area contributed by atoms with Crippen LogP contribution in [0.25, 0.3) is 0 Å². The lowest BCUT2D eigenvalue weighted by molar-refractivity contribution is -0.150. The molecule has 0 amide bonds. The SMILES string of the molecule is CCc1cc(CC2(C(=O)O)CCCCCCC2)n(CC)n1. The molecule has 0 unspecified atom stereocenters. The van der Waals surface area contributed by atoms with Crippen molar-refractivity contribution in [2.24, 2.45) is 5.41 Å². The molecule has 1 aromatic rings. The molecule has 0 radical (unpaired) electrons. The third-order valence-corrected chi connectivity index (χ3v) is 4.86. The van der Waals surface area contributed by atoms with E-state index in [1.807, 2.05) is 4.68 Å². The Morgan fingerprint density at radius 2 is 1.86 bits per heavy atom. The van der Waals surface area contributed by atoms with E-state index in [9.17, 15) is 9.90 Å². The summed E-state index contributed by atoms with van der Waals surface area (Å²) in [5.41, 5.74) is 1.58. The number of carboxylic acid groups (broad SMARTS) is 1. The van der Waals surface area contributed by atoms with E-state index >= 15 is 0 Å². The van der Waals surface area contributed by atoms with Crippen LogP contribution in [0.4, 0.5) is 0 Å². The Morgan fingerprint density at radius 3 is 2.38 bits per heavy atom. The highest BCUT2D eigenvalue weighted by Gasteiger charge is 2.39. The van der Waals surface area contributed by atoms with E-state index in [2.05, 4.69) is 25.0 Å². The monoisotopic (exact) mass is 292 g/mol. The first-order valence-corrected chi connectivity index (χ1v) is 8.40. The molecule has 1 N–H and O–H groups in total. The summed E-state index contributed by atoms with van der Waals surface area (Å²) in [5, 5.41) is 14.4. The van der Waals surface area contributed by atoms with Gasteiger partial charge in [-0.15, -0.1) is 0 Å². The van der Waals surface area contributed by atoms with Gasteiger partial charge in [-0.1, -0.05) is 39.0 Å². The number of rotatable bonds is 5. The quantitative estimate of drug-likeness (QED) is 0.897. The number of aliphatic carboxylic acids is 1. The highest BCUT2D eigenvalue weighted by atomic mass is 16.4. The fourth-order valence-electron chi connectivity index (χ4n) is 3.50.